The van der Waals surface area contributed by atoms with Crippen LogP contribution in [0.3, 0.4) is 0 Å². The molecule has 5 heteroatoms. The third-order valence-electron chi connectivity index (χ3n) is 11.0. The molecular weight excluding hydrogens is 396 g/mol. The van der Waals surface area contributed by atoms with E-state index in [4.69, 9.17) is 10.1 Å². The molecule has 0 radical (unpaired) electrons. The molecule has 0 spiro atoms. The van der Waals surface area contributed by atoms with Crippen molar-refractivity contribution in [2.24, 2.45) is 34.5 Å². The number of nitrogens with zero attached hydrogens (tertiary/aromatic N) is 4. The van der Waals surface area contributed by atoms with Gasteiger partial charge in [0.2, 0.25) is 0 Å². The van der Waals surface area contributed by atoms with Crippen molar-refractivity contribution in [3.8, 4) is 0 Å². The molecule has 0 unspecified atom stereocenters. The van der Waals surface area contributed by atoms with E-state index in [-0.39, 0.29) is 5.41 Å². The van der Waals surface area contributed by atoms with E-state index >= 15 is 0 Å². The number of pyridine rings is 1. The van der Waals surface area contributed by atoms with Gasteiger partial charge < -0.3 is 5.11 Å². The van der Waals surface area contributed by atoms with Crippen LogP contribution in [0.1, 0.15) is 70.6 Å². The maximum Gasteiger partial charge on any atom is 0.183 e. The zero-order chi connectivity index (χ0) is 21.9. The molecule has 168 valence electrons. The Hall–Kier alpha value is -2.01. The normalized spacial score (nSPS) is 43.0. The van der Waals surface area contributed by atoms with Crippen LogP contribution in [0.2, 0.25) is 0 Å². The molecule has 3 fully saturated rings. The molecule has 0 aromatic carbocycles. The van der Waals surface area contributed by atoms with Crippen LogP contribution in [-0.4, -0.2) is 30.3 Å². The Kier molecular flexibility index (Phi) is 3.71. The number of aromatic nitrogens is 4. The van der Waals surface area contributed by atoms with Crippen molar-refractivity contribution in [1.82, 2.24) is 19.6 Å². The Labute approximate surface area is 189 Å². The first-order valence-electron chi connectivity index (χ1n) is 12.6. The van der Waals surface area contributed by atoms with Crippen molar-refractivity contribution in [3.63, 3.8) is 0 Å². The predicted octanol–water partition coefficient (Wildman–Crippen LogP) is 4.99. The minimum atomic E-state index is -0.495. The van der Waals surface area contributed by atoms with E-state index in [1.165, 1.54) is 43.4 Å². The fraction of sp³-hybridized carbons (Fsp3) is 0.667. The summed E-state index contributed by atoms with van der Waals surface area (Å²) in [5.74, 6) is 2.90. The summed E-state index contributed by atoms with van der Waals surface area (Å²) in [6.07, 6.45) is 13.4. The largest absolute Gasteiger partial charge is 0.390 e. The van der Waals surface area contributed by atoms with Crippen LogP contribution in [0, 0.1) is 34.5 Å². The SMILES string of the molecule is C[C@]12Cc3cnc4c5cccnc5nn4c3C[C@@H]1CC[C@@H]1[C@@H]2CC[C@@]2(C)[C@H]1CC[C@]2(C)O. The Balaban J connectivity index is 1.29. The van der Waals surface area contributed by atoms with Gasteiger partial charge in [-0.15, -0.1) is 5.10 Å². The van der Waals surface area contributed by atoms with E-state index in [0.717, 1.165) is 47.8 Å². The van der Waals surface area contributed by atoms with Gasteiger partial charge >= 0.3 is 0 Å². The Morgan fingerprint density at radius 3 is 2.75 bits per heavy atom. The van der Waals surface area contributed by atoms with Crippen LogP contribution in [0.4, 0.5) is 0 Å². The van der Waals surface area contributed by atoms with Gasteiger partial charge in [0.25, 0.3) is 0 Å². The number of rotatable bonds is 0. The first-order chi connectivity index (χ1) is 15.3. The van der Waals surface area contributed by atoms with E-state index in [0.29, 0.717) is 17.3 Å². The number of fused-ring (bicyclic) bond motifs is 10. The Bertz CT molecular complexity index is 1250. The van der Waals surface area contributed by atoms with E-state index in [9.17, 15) is 5.11 Å². The summed E-state index contributed by atoms with van der Waals surface area (Å²) in [4.78, 5) is 9.34. The maximum absolute atomic E-state index is 11.2. The molecule has 5 nitrogen and oxygen atoms in total. The lowest BCUT2D eigenvalue weighted by molar-refractivity contribution is -0.139. The van der Waals surface area contributed by atoms with E-state index in [1.54, 1.807) is 0 Å². The number of hydrogen-bond donors (Lipinski definition) is 1. The van der Waals surface area contributed by atoms with Crippen molar-refractivity contribution in [2.45, 2.75) is 77.7 Å². The molecule has 32 heavy (non-hydrogen) atoms. The molecule has 0 saturated heterocycles. The molecule has 4 aliphatic carbocycles. The van der Waals surface area contributed by atoms with E-state index in [2.05, 4.69) is 42.5 Å². The molecule has 1 N–H and O–H groups in total. The highest BCUT2D eigenvalue weighted by Gasteiger charge is 2.63. The average Bonchev–Trinajstić information content (AvgIpc) is 3.26. The summed E-state index contributed by atoms with van der Waals surface area (Å²) in [5, 5.41) is 17.1. The number of aliphatic hydroxyl groups is 1. The number of hydrogen-bond acceptors (Lipinski definition) is 4. The van der Waals surface area contributed by atoms with Gasteiger partial charge in [0, 0.05) is 18.1 Å². The summed E-state index contributed by atoms with van der Waals surface area (Å²) in [6.45, 7) is 7.08. The van der Waals surface area contributed by atoms with Gasteiger partial charge in [-0.25, -0.2) is 14.5 Å². The molecular formula is C27H34N4O. The minimum Gasteiger partial charge on any atom is -0.390 e. The molecule has 0 amide bonds. The minimum absolute atomic E-state index is 0.0970. The molecule has 3 aromatic rings. The molecule has 3 heterocycles. The molecule has 0 aliphatic heterocycles. The van der Waals surface area contributed by atoms with Gasteiger partial charge in [0.15, 0.2) is 11.3 Å². The van der Waals surface area contributed by atoms with Crippen molar-refractivity contribution >= 4 is 16.7 Å². The summed E-state index contributed by atoms with van der Waals surface area (Å²) in [5.41, 5.74) is 4.42. The van der Waals surface area contributed by atoms with Crippen LogP contribution in [0.5, 0.6) is 0 Å². The molecule has 0 bridgehead atoms. The maximum atomic E-state index is 11.2. The van der Waals surface area contributed by atoms with Gasteiger partial charge in [0.1, 0.15) is 0 Å². The van der Waals surface area contributed by atoms with Crippen molar-refractivity contribution in [2.75, 3.05) is 0 Å². The second-order valence-corrected chi connectivity index (χ2v) is 12.1. The van der Waals surface area contributed by atoms with Gasteiger partial charge in [-0.1, -0.05) is 13.8 Å². The zero-order valence-electron chi connectivity index (χ0n) is 19.5. The summed E-state index contributed by atoms with van der Waals surface area (Å²) >= 11 is 0. The lowest BCUT2D eigenvalue weighted by Gasteiger charge is -2.61. The fourth-order valence-corrected chi connectivity index (χ4v) is 8.97. The standard InChI is InChI=1S/C27H34N4O/c1-25-14-16-15-29-24-19-5-4-12-28-23(19)30-31(24)22(16)13-17(25)6-7-18-20(25)8-10-26(2)21(18)9-11-27(26,3)32/h4-5,12,15,17-18,20-21,32H,6-11,13-14H2,1-3H3/t17-,18+,20-,21-,25-,26-,27-/m0/s1. The third-order valence-corrected chi connectivity index (χ3v) is 11.0. The molecule has 7 atom stereocenters. The van der Waals surface area contributed by atoms with E-state index in [1.807, 2.05) is 12.3 Å². The van der Waals surface area contributed by atoms with Crippen LogP contribution in [0.25, 0.3) is 16.7 Å². The van der Waals surface area contributed by atoms with Crippen molar-refractivity contribution < 1.29 is 5.11 Å². The van der Waals surface area contributed by atoms with Crippen LogP contribution in [0.15, 0.2) is 24.5 Å². The highest BCUT2D eigenvalue weighted by Crippen LogP contribution is 2.67. The van der Waals surface area contributed by atoms with Crippen molar-refractivity contribution in [1.29, 1.82) is 0 Å². The first kappa shape index (κ1) is 19.5. The van der Waals surface area contributed by atoms with Gasteiger partial charge in [-0.05, 0) is 110 Å². The zero-order valence-corrected chi connectivity index (χ0v) is 19.5. The first-order valence-corrected chi connectivity index (χ1v) is 12.6. The van der Waals surface area contributed by atoms with Gasteiger partial charge in [-0.2, -0.15) is 0 Å². The van der Waals surface area contributed by atoms with Gasteiger partial charge in [0.05, 0.1) is 11.0 Å². The average molecular weight is 431 g/mol. The molecule has 3 aromatic heterocycles. The summed E-state index contributed by atoms with van der Waals surface area (Å²) in [6, 6.07) is 4.05. The molecule has 7 rings (SSSR count). The molecule has 3 saturated carbocycles. The second-order valence-electron chi connectivity index (χ2n) is 12.1. The molecule has 4 aliphatic rings. The summed E-state index contributed by atoms with van der Waals surface area (Å²) in [7, 11) is 0. The summed E-state index contributed by atoms with van der Waals surface area (Å²) < 4.78 is 2.10. The fourth-order valence-electron chi connectivity index (χ4n) is 8.97. The van der Waals surface area contributed by atoms with Crippen molar-refractivity contribution in [3.05, 3.63) is 35.8 Å². The predicted molar refractivity (Wildman–Crippen MR) is 124 cm³/mol. The van der Waals surface area contributed by atoms with E-state index < -0.39 is 5.60 Å². The highest BCUT2D eigenvalue weighted by atomic mass is 16.3. The quantitative estimate of drug-likeness (QED) is 0.546. The van der Waals surface area contributed by atoms with Crippen LogP contribution < -0.4 is 0 Å². The van der Waals surface area contributed by atoms with Crippen LogP contribution in [-0.2, 0) is 12.8 Å². The topological polar surface area (TPSA) is 63.3 Å². The third kappa shape index (κ3) is 2.26. The van der Waals surface area contributed by atoms with Crippen LogP contribution >= 0.6 is 0 Å². The Morgan fingerprint density at radius 2 is 1.88 bits per heavy atom. The Morgan fingerprint density at radius 1 is 1.03 bits per heavy atom. The monoisotopic (exact) mass is 430 g/mol. The lowest BCUT2D eigenvalue weighted by Crippen LogP contribution is -2.56. The van der Waals surface area contributed by atoms with Gasteiger partial charge in [-0.3, -0.25) is 0 Å². The second kappa shape index (κ2) is 6.11. The smallest absolute Gasteiger partial charge is 0.183 e. The highest BCUT2D eigenvalue weighted by molar-refractivity contribution is 5.89. The lowest BCUT2D eigenvalue weighted by atomic mass is 9.44.